The summed E-state index contributed by atoms with van der Waals surface area (Å²) in [6.45, 7) is -1.52. The van der Waals surface area contributed by atoms with Crippen LogP contribution in [0.1, 0.15) is 35.7 Å². The topological polar surface area (TPSA) is 277 Å². The van der Waals surface area contributed by atoms with Crippen LogP contribution in [0.15, 0.2) is 103 Å². The smallest absolute Gasteiger partial charge is 0.252 e. The fraction of sp³-hybridized carbons (Fsp3) is 0.364. The van der Waals surface area contributed by atoms with Crippen LogP contribution in [-0.2, 0) is 25.6 Å². The second kappa shape index (κ2) is 19.6. The number of aliphatic hydroxyl groups excluding tert-OH is 6. The number of terminal acetylenes is 1. The number of benzene rings is 2. The summed E-state index contributed by atoms with van der Waals surface area (Å²) >= 11 is 0.766. The number of thioether (sulfide) groups is 1. The van der Waals surface area contributed by atoms with Gasteiger partial charge in [-0.25, -0.2) is 13.8 Å². The molecule has 8 rings (SSSR count). The number of nitrogens with one attached hydrogen (secondary N) is 1. The van der Waals surface area contributed by atoms with Crippen molar-refractivity contribution in [2.45, 2.75) is 78.5 Å². The van der Waals surface area contributed by atoms with Crippen molar-refractivity contribution in [2.75, 3.05) is 13.2 Å². The number of carbonyl (C=O) groups excluding carboxylic acids is 2. The minimum Gasteiger partial charge on any atom is -0.508 e. The van der Waals surface area contributed by atoms with Gasteiger partial charge in [-0.3, -0.25) is 9.59 Å². The quantitative estimate of drug-likeness (QED) is 0.0521. The molecule has 0 radical (unpaired) electrons. The summed E-state index contributed by atoms with van der Waals surface area (Å²) in [4.78, 5) is 25.5. The molecule has 8 N–H and O–H groups in total. The maximum atomic E-state index is 13.9. The monoisotopic (exact) mass is 913 g/mol. The maximum Gasteiger partial charge on any atom is 0.252 e. The summed E-state index contributed by atoms with van der Waals surface area (Å²) in [6.07, 6.45) is 9.38. The molecule has 0 spiro atoms. The number of halogens is 1. The molecule has 19 nitrogen and oxygen atoms in total. The number of aliphatic hydroxyl groups is 6. The first kappa shape index (κ1) is 45.5. The molecule has 2 aromatic carbocycles. The summed E-state index contributed by atoms with van der Waals surface area (Å²) in [5.41, 5.74) is -0.784. The maximum absolute atomic E-state index is 13.9. The number of phenols is 1. The fourth-order valence-corrected chi connectivity index (χ4v) is 9.60. The number of allylic oxidation sites excluding steroid dienone is 5. The number of amides is 1. The number of carbonyl (C=O) groups is 2. The lowest BCUT2D eigenvalue weighted by molar-refractivity contribution is -0.189. The number of fused-ring (bicyclic) bond motifs is 2. The van der Waals surface area contributed by atoms with Gasteiger partial charge in [0.05, 0.1) is 32.2 Å². The molecule has 340 valence electrons. The van der Waals surface area contributed by atoms with Crippen molar-refractivity contribution in [2.24, 2.45) is 5.92 Å². The predicted molar refractivity (Wildman–Crippen MR) is 226 cm³/mol. The number of hydrogen-bond acceptors (Lipinski definition) is 17. The van der Waals surface area contributed by atoms with Gasteiger partial charge in [-0.1, -0.05) is 64.5 Å². The normalized spacial score (nSPS) is 30.0. The van der Waals surface area contributed by atoms with Gasteiger partial charge in [0, 0.05) is 41.2 Å². The van der Waals surface area contributed by atoms with Gasteiger partial charge in [-0.05, 0) is 36.3 Å². The molecule has 0 bridgehead atoms. The van der Waals surface area contributed by atoms with Gasteiger partial charge in [0.2, 0.25) is 0 Å². The van der Waals surface area contributed by atoms with Crippen LogP contribution in [0.2, 0.25) is 0 Å². The van der Waals surface area contributed by atoms with E-state index in [9.17, 15) is 49.7 Å². The third-order valence-electron chi connectivity index (χ3n) is 11.5. The van der Waals surface area contributed by atoms with E-state index in [0.29, 0.717) is 23.5 Å². The Morgan fingerprint density at radius 3 is 2.31 bits per heavy atom. The van der Waals surface area contributed by atoms with Gasteiger partial charge < -0.3 is 55.3 Å². The molecule has 2 saturated heterocycles. The van der Waals surface area contributed by atoms with Crippen LogP contribution < -0.4 is 10.1 Å². The Morgan fingerprint density at radius 1 is 0.938 bits per heavy atom. The molecule has 10 unspecified atom stereocenters. The van der Waals surface area contributed by atoms with Crippen molar-refractivity contribution in [3.05, 3.63) is 120 Å². The van der Waals surface area contributed by atoms with Gasteiger partial charge in [-0.2, -0.15) is 0 Å². The Balaban J connectivity index is 0.931. The summed E-state index contributed by atoms with van der Waals surface area (Å²) < 4.78 is 34.0. The van der Waals surface area contributed by atoms with E-state index in [4.69, 9.17) is 20.6 Å². The van der Waals surface area contributed by atoms with Crippen molar-refractivity contribution in [3.8, 4) is 35.1 Å². The molecule has 3 aliphatic heterocycles. The number of rotatable bonds is 13. The predicted octanol–water partition coefficient (Wildman–Crippen LogP) is 0.712. The lowest BCUT2D eigenvalue weighted by Crippen LogP contribution is -2.58. The third-order valence-corrected chi connectivity index (χ3v) is 12.8. The number of ether oxygens (including phenoxy) is 3. The second-order valence-corrected chi connectivity index (χ2v) is 16.9. The van der Waals surface area contributed by atoms with E-state index in [0.717, 1.165) is 17.3 Å². The molecule has 65 heavy (non-hydrogen) atoms. The molecule has 4 aliphatic rings. The average molecular weight is 914 g/mol. The number of aromatic hydroxyl groups is 1. The van der Waals surface area contributed by atoms with Crippen LogP contribution in [0.3, 0.4) is 0 Å². The number of aromatic nitrogens is 6. The molecular weight excluding hydrogens is 870 g/mol. The molecule has 5 heterocycles. The SMILES string of the molecule is C#C/C=C(\C=C/CC1c2ccc(O)cc2OC2=CC(=O)C=CC21)C(=O)NCc1cn(C2C(O)[C@@H](CO)O[C@@H](SC3OC(CO)C(O)C(n4cc(-c5cccc(F)c5)nn4)C3O)C2O)nn1. The van der Waals surface area contributed by atoms with E-state index in [1.807, 2.05) is 0 Å². The third kappa shape index (κ3) is 9.53. The minimum absolute atomic E-state index is 0.00735. The van der Waals surface area contributed by atoms with Crippen LogP contribution in [0.4, 0.5) is 4.39 Å². The van der Waals surface area contributed by atoms with Crippen LogP contribution in [0.25, 0.3) is 11.3 Å². The van der Waals surface area contributed by atoms with Crippen LogP contribution in [0.5, 0.6) is 11.5 Å². The van der Waals surface area contributed by atoms with E-state index >= 15 is 0 Å². The molecule has 12 atom stereocenters. The van der Waals surface area contributed by atoms with E-state index in [-0.39, 0.29) is 46.9 Å². The fourth-order valence-electron chi connectivity index (χ4n) is 8.27. The first-order valence-corrected chi connectivity index (χ1v) is 21.4. The number of hydrogen-bond donors (Lipinski definition) is 8. The lowest BCUT2D eigenvalue weighted by atomic mass is 9.78. The van der Waals surface area contributed by atoms with E-state index < -0.39 is 84.5 Å². The van der Waals surface area contributed by atoms with Crippen LogP contribution in [-0.4, -0.2) is 138 Å². The highest BCUT2D eigenvalue weighted by Gasteiger charge is 2.51. The molecule has 4 aromatic rings. The molecule has 2 aromatic heterocycles. The van der Waals surface area contributed by atoms with Crippen molar-refractivity contribution in [3.63, 3.8) is 0 Å². The van der Waals surface area contributed by atoms with Gasteiger partial charge in [-0.15, -0.1) is 16.6 Å². The van der Waals surface area contributed by atoms with Gasteiger partial charge in [0.25, 0.3) is 5.91 Å². The Bertz CT molecular complexity index is 2570. The van der Waals surface area contributed by atoms with Gasteiger partial charge >= 0.3 is 0 Å². The summed E-state index contributed by atoms with van der Waals surface area (Å²) in [7, 11) is 0. The summed E-state index contributed by atoms with van der Waals surface area (Å²) in [6, 6.07) is 7.86. The highest BCUT2D eigenvalue weighted by Crippen LogP contribution is 2.47. The highest BCUT2D eigenvalue weighted by atomic mass is 32.2. The highest BCUT2D eigenvalue weighted by molar-refractivity contribution is 8.00. The minimum atomic E-state index is -1.58. The van der Waals surface area contributed by atoms with Crippen LogP contribution in [0, 0.1) is 24.1 Å². The Kier molecular flexibility index (Phi) is 13.7. The molecular formula is C44H44FN7O12S. The van der Waals surface area contributed by atoms with Gasteiger partial charge in [0.1, 0.15) is 94.0 Å². The Labute approximate surface area is 374 Å². The largest absolute Gasteiger partial charge is 0.508 e. The molecule has 0 saturated carbocycles. The summed E-state index contributed by atoms with van der Waals surface area (Å²) in [5, 5.41) is 95.0. The van der Waals surface area contributed by atoms with Gasteiger partial charge in [0.15, 0.2) is 5.78 Å². The van der Waals surface area contributed by atoms with E-state index in [2.05, 4.69) is 31.9 Å². The molecule has 21 heteroatoms. The Morgan fingerprint density at radius 2 is 1.63 bits per heavy atom. The molecule has 2 fully saturated rings. The van der Waals surface area contributed by atoms with Crippen molar-refractivity contribution in [1.29, 1.82) is 0 Å². The zero-order valence-corrected chi connectivity index (χ0v) is 35.0. The van der Waals surface area contributed by atoms with E-state index in [1.54, 1.807) is 36.4 Å². The zero-order chi connectivity index (χ0) is 45.9. The number of ketones is 1. The standard InChI is InChI=1S/C44H44FN7O12S/c1-2-5-22(6-4-9-28-29-12-10-26(55)15-32(29)62-33-16-27(56)11-13-30(28)33)42(61)46-17-25-18-51(49-47-25)36-38(57)34(20-53)63-43(40(36)59)65-44-41(60)37(39(58)35(21-54)64-44)52-19-31(48-50-52)23-7-3-8-24(45)14-23/h1,3-8,10-16,18-19,28-29,34-41,43-44,53-54,56-60H,9,17,20-21H2,(H,46,61)/b6-4-,22-5+/t28?,29?,34-,35?,36?,37?,38?,39?,40?,41?,43+,44?/m1/s1. The van der Waals surface area contributed by atoms with Crippen molar-refractivity contribution < 1.29 is 63.9 Å². The first-order chi connectivity index (χ1) is 31.4. The Hall–Kier alpha value is -6.06. The second-order valence-electron chi connectivity index (χ2n) is 15.7. The molecule has 1 amide bonds. The van der Waals surface area contributed by atoms with Crippen molar-refractivity contribution >= 4 is 23.5 Å². The first-order valence-electron chi connectivity index (χ1n) is 20.4. The van der Waals surface area contributed by atoms with Crippen LogP contribution >= 0.6 is 11.8 Å². The average Bonchev–Trinajstić information content (AvgIpc) is 3.97. The number of nitrogens with zero attached hydrogens (tertiary/aromatic N) is 6. The van der Waals surface area contributed by atoms with E-state index in [1.165, 1.54) is 64.3 Å². The number of phenolic OH excluding ortho intramolecular Hbond substituents is 1. The molecule has 1 aliphatic carbocycles. The lowest BCUT2D eigenvalue weighted by Gasteiger charge is -2.46. The van der Waals surface area contributed by atoms with Crippen molar-refractivity contribution in [1.82, 2.24) is 35.3 Å². The summed E-state index contributed by atoms with van der Waals surface area (Å²) in [5.74, 6) is 1.52. The zero-order valence-electron chi connectivity index (χ0n) is 34.1.